The van der Waals surface area contributed by atoms with Crippen LogP contribution < -0.4 is 5.56 Å². The molecule has 2 fully saturated rings. The zero-order valence-electron chi connectivity index (χ0n) is 14.7. The lowest BCUT2D eigenvalue weighted by molar-refractivity contribution is -0.137. The van der Waals surface area contributed by atoms with Gasteiger partial charge in [-0.25, -0.2) is 13.4 Å². The summed E-state index contributed by atoms with van der Waals surface area (Å²) in [6.45, 7) is 4.30. The highest BCUT2D eigenvalue weighted by Crippen LogP contribution is 2.28. The number of amides is 2. The number of fused-ring (bicyclic) bond motifs is 1. The van der Waals surface area contributed by atoms with Gasteiger partial charge in [0.2, 0.25) is 5.91 Å². The Hall–Kier alpha value is -2.23. The van der Waals surface area contributed by atoms with Gasteiger partial charge in [0.25, 0.3) is 11.5 Å². The number of H-pyrrole nitrogens is 1. The van der Waals surface area contributed by atoms with Gasteiger partial charge in [-0.2, -0.15) is 0 Å². The number of carbonyl (C=O) groups excluding carboxylic acids is 2. The number of piperazine rings is 1. The van der Waals surface area contributed by atoms with Crippen LogP contribution in [0.25, 0.3) is 0 Å². The number of hydrogen-bond acceptors (Lipinski definition) is 6. The lowest BCUT2D eigenvalue weighted by atomic mass is 10.0. The molecule has 1 N–H and O–H groups in total. The number of carbonyl (C=O) groups is 2. The summed E-state index contributed by atoms with van der Waals surface area (Å²) < 4.78 is 24.4. The van der Waals surface area contributed by atoms with Crippen LogP contribution in [0.15, 0.2) is 17.3 Å². The van der Waals surface area contributed by atoms with Gasteiger partial charge in [0, 0.05) is 25.7 Å². The van der Waals surface area contributed by atoms with Gasteiger partial charge in [-0.15, -0.1) is 0 Å². The standard InChI is InChI=1S/C16H22N4O5S/c1-10(2)5-14(21)19-3-4-20(13-8-26(24,25)7-12(13)19)16(23)11-6-17-9-18-15(11)22/h6,9-10,12-13H,3-5,7-8H2,1-2H3,(H,17,18,22)/t12-,13+/m1/s1. The molecule has 0 radical (unpaired) electrons. The van der Waals surface area contributed by atoms with Crippen LogP contribution in [0.3, 0.4) is 0 Å². The fourth-order valence-corrected chi connectivity index (χ4v) is 5.61. The summed E-state index contributed by atoms with van der Waals surface area (Å²) >= 11 is 0. The predicted octanol–water partition coefficient (Wildman–Crippen LogP) is -0.734. The number of nitrogens with zero attached hydrogens (tertiary/aromatic N) is 3. The Labute approximate surface area is 151 Å². The summed E-state index contributed by atoms with van der Waals surface area (Å²) in [6, 6.07) is -1.21. The quantitative estimate of drug-likeness (QED) is 0.735. The van der Waals surface area contributed by atoms with Crippen molar-refractivity contribution in [2.24, 2.45) is 5.92 Å². The van der Waals surface area contributed by atoms with Gasteiger partial charge >= 0.3 is 0 Å². The van der Waals surface area contributed by atoms with Crippen LogP contribution in [0, 0.1) is 5.92 Å². The molecule has 3 rings (SSSR count). The number of aromatic nitrogens is 2. The zero-order valence-corrected chi connectivity index (χ0v) is 15.5. The Morgan fingerprint density at radius 1 is 1.23 bits per heavy atom. The van der Waals surface area contributed by atoms with E-state index in [0.717, 1.165) is 0 Å². The molecule has 0 unspecified atom stereocenters. The van der Waals surface area contributed by atoms with Gasteiger partial charge in [-0.3, -0.25) is 14.4 Å². The van der Waals surface area contributed by atoms with Gasteiger partial charge in [0.15, 0.2) is 9.84 Å². The van der Waals surface area contributed by atoms with Crippen LogP contribution in [0.4, 0.5) is 0 Å². The third kappa shape index (κ3) is 3.50. The maximum atomic E-state index is 12.8. The number of hydrogen-bond donors (Lipinski definition) is 1. The van der Waals surface area contributed by atoms with Crippen LogP contribution >= 0.6 is 0 Å². The van der Waals surface area contributed by atoms with E-state index in [1.807, 2.05) is 13.8 Å². The summed E-state index contributed by atoms with van der Waals surface area (Å²) in [7, 11) is -3.37. The van der Waals surface area contributed by atoms with Gasteiger partial charge < -0.3 is 14.8 Å². The largest absolute Gasteiger partial charge is 0.335 e. The number of nitrogens with one attached hydrogen (secondary N) is 1. The minimum Gasteiger partial charge on any atom is -0.335 e. The summed E-state index contributed by atoms with van der Waals surface area (Å²) in [5.74, 6) is -0.852. The Kier molecular flexibility index (Phi) is 4.87. The highest BCUT2D eigenvalue weighted by molar-refractivity contribution is 7.91. The van der Waals surface area contributed by atoms with Gasteiger partial charge in [0.1, 0.15) is 5.56 Å². The molecule has 2 saturated heterocycles. The minimum atomic E-state index is -3.37. The number of aromatic amines is 1. The third-order valence-electron chi connectivity index (χ3n) is 4.79. The first-order valence-corrected chi connectivity index (χ1v) is 10.4. The fourth-order valence-electron chi connectivity index (χ4n) is 3.63. The monoisotopic (exact) mass is 382 g/mol. The molecule has 10 heteroatoms. The topological polar surface area (TPSA) is 121 Å². The van der Waals surface area contributed by atoms with E-state index in [-0.39, 0.29) is 42.0 Å². The molecule has 0 saturated carbocycles. The average Bonchev–Trinajstić information content (AvgIpc) is 2.87. The molecule has 2 amide bonds. The maximum Gasteiger partial charge on any atom is 0.263 e. The zero-order chi connectivity index (χ0) is 19.1. The summed E-state index contributed by atoms with van der Waals surface area (Å²) in [5, 5.41) is 0. The van der Waals surface area contributed by atoms with Crippen LogP contribution in [0.1, 0.15) is 30.6 Å². The van der Waals surface area contributed by atoms with Crippen molar-refractivity contribution in [3.63, 3.8) is 0 Å². The van der Waals surface area contributed by atoms with E-state index in [1.54, 1.807) is 4.90 Å². The van der Waals surface area contributed by atoms with E-state index in [1.165, 1.54) is 17.4 Å². The van der Waals surface area contributed by atoms with Crippen molar-refractivity contribution in [3.05, 3.63) is 28.4 Å². The molecule has 0 aliphatic carbocycles. The van der Waals surface area contributed by atoms with Crippen molar-refractivity contribution in [1.29, 1.82) is 0 Å². The predicted molar refractivity (Wildman–Crippen MR) is 93.3 cm³/mol. The van der Waals surface area contributed by atoms with Crippen molar-refractivity contribution in [1.82, 2.24) is 19.8 Å². The van der Waals surface area contributed by atoms with Crippen molar-refractivity contribution >= 4 is 21.7 Å². The highest BCUT2D eigenvalue weighted by atomic mass is 32.2. The normalized spacial score (nSPS) is 24.6. The van der Waals surface area contributed by atoms with E-state index in [9.17, 15) is 22.8 Å². The summed E-state index contributed by atoms with van der Waals surface area (Å²) in [4.78, 5) is 46.3. The second-order valence-electron chi connectivity index (χ2n) is 7.19. The maximum absolute atomic E-state index is 12.8. The molecule has 1 aromatic heterocycles. The molecule has 142 valence electrons. The summed E-state index contributed by atoms with van der Waals surface area (Å²) in [6.07, 6.45) is 2.69. The first kappa shape index (κ1) is 18.6. The van der Waals surface area contributed by atoms with E-state index < -0.39 is 33.4 Å². The highest BCUT2D eigenvalue weighted by Gasteiger charge is 2.49. The Bertz CT molecular complexity index is 879. The molecule has 9 nitrogen and oxygen atoms in total. The molecule has 2 atom stereocenters. The van der Waals surface area contributed by atoms with Crippen LogP contribution in [-0.2, 0) is 14.6 Å². The van der Waals surface area contributed by atoms with Gasteiger partial charge in [-0.05, 0) is 5.92 Å². The first-order chi connectivity index (χ1) is 12.2. The molecule has 2 aliphatic rings. The van der Waals surface area contributed by atoms with Crippen molar-refractivity contribution in [2.75, 3.05) is 24.6 Å². The molecule has 1 aromatic rings. The van der Waals surface area contributed by atoms with Gasteiger partial charge in [0.05, 0.1) is 29.9 Å². The Morgan fingerprint density at radius 2 is 1.85 bits per heavy atom. The van der Waals surface area contributed by atoms with E-state index in [0.29, 0.717) is 6.42 Å². The van der Waals surface area contributed by atoms with Crippen molar-refractivity contribution < 1.29 is 18.0 Å². The van der Waals surface area contributed by atoms with E-state index in [4.69, 9.17) is 0 Å². The van der Waals surface area contributed by atoms with Crippen molar-refractivity contribution in [3.8, 4) is 0 Å². The minimum absolute atomic E-state index is 0.0987. The first-order valence-electron chi connectivity index (χ1n) is 8.53. The van der Waals surface area contributed by atoms with Crippen LogP contribution in [0.5, 0.6) is 0 Å². The molecule has 2 aliphatic heterocycles. The van der Waals surface area contributed by atoms with Gasteiger partial charge in [-0.1, -0.05) is 13.8 Å². The molecule has 26 heavy (non-hydrogen) atoms. The summed E-state index contributed by atoms with van der Waals surface area (Å²) in [5.41, 5.74) is -0.696. The van der Waals surface area contributed by atoms with E-state index >= 15 is 0 Å². The van der Waals surface area contributed by atoms with Crippen molar-refractivity contribution in [2.45, 2.75) is 32.4 Å². The smallest absolute Gasteiger partial charge is 0.263 e. The Morgan fingerprint density at radius 3 is 2.46 bits per heavy atom. The Balaban J connectivity index is 1.90. The second-order valence-corrected chi connectivity index (χ2v) is 9.34. The number of rotatable bonds is 3. The second kappa shape index (κ2) is 6.82. The molecule has 0 spiro atoms. The average molecular weight is 382 g/mol. The molecular formula is C16H22N4O5S. The molecule has 0 bridgehead atoms. The van der Waals surface area contributed by atoms with Crippen LogP contribution in [0.2, 0.25) is 0 Å². The molecule has 3 heterocycles. The molecule has 0 aromatic carbocycles. The fraction of sp³-hybridized carbons (Fsp3) is 0.625. The molecular weight excluding hydrogens is 360 g/mol. The lowest BCUT2D eigenvalue weighted by Crippen LogP contribution is -2.62. The SMILES string of the molecule is CC(C)CC(=O)N1CCN(C(=O)c2cnc[nH]c2=O)[C@H]2CS(=O)(=O)C[C@H]21. The number of sulfone groups is 1. The lowest BCUT2D eigenvalue weighted by Gasteiger charge is -2.44. The third-order valence-corrected chi connectivity index (χ3v) is 6.49. The van der Waals surface area contributed by atoms with E-state index in [2.05, 4.69) is 9.97 Å². The van der Waals surface area contributed by atoms with Crippen LogP contribution in [-0.4, -0.2) is 76.7 Å².